The van der Waals surface area contributed by atoms with E-state index in [-0.39, 0.29) is 5.97 Å². The molecule has 0 atom stereocenters. The average molecular weight is 143 g/mol. The fourth-order valence-corrected chi connectivity index (χ4v) is 0.873. The maximum absolute atomic E-state index is 10.9. The molecule has 1 radical (unpaired) electrons. The molecule has 0 spiro atoms. The van der Waals surface area contributed by atoms with Crippen LogP contribution in [0.25, 0.3) is 0 Å². The molecule has 57 valence electrons. The number of carbonyl (C=O) groups is 1. The Morgan fingerprint density at radius 3 is 3.10 bits per heavy atom. The van der Waals surface area contributed by atoms with Crippen molar-refractivity contribution in [2.75, 3.05) is 13.2 Å². The third kappa shape index (κ3) is 1.70. The minimum Gasteiger partial charge on any atom is -0.464 e. The molecule has 1 heterocycles. The van der Waals surface area contributed by atoms with Crippen LogP contribution in [0.2, 0.25) is 0 Å². The Morgan fingerprint density at radius 2 is 2.60 bits per heavy atom. The van der Waals surface area contributed by atoms with Crippen LogP contribution in [0.1, 0.15) is 19.8 Å². The summed E-state index contributed by atoms with van der Waals surface area (Å²) in [6, 6.07) is 0. The Morgan fingerprint density at radius 1 is 1.80 bits per heavy atom. The van der Waals surface area contributed by atoms with E-state index < -0.39 is 0 Å². The number of esters is 1. The molecule has 1 fully saturated rings. The first-order valence-corrected chi connectivity index (χ1v) is 3.50. The van der Waals surface area contributed by atoms with Crippen molar-refractivity contribution in [1.82, 2.24) is 0 Å². The predicted molar refractivity (Wildman–Crippen MR) is 35.1 cm³/mol. The average Bonchev–Trinajstić information content (AvgIpc) is 2.38. The van der Waals surface area contributed by atoms with Crippen LogP contribution in [0.3, 0.4) is 0 Å². The number of hydrogen-bond donors (Lipinski definition) is 0. The molecule has 3 heteroatoms. The molecule has 0 N–H and O–H groups in total. The number of hydrogen-bond acceptors (Lipinski definition) is 3. The van der Waals surface area contributed by atoms with Crippen molar-refractivity contribution >= 4 is 5.97 Å². The summed E-state index contributed by atoms with van der Waals surface area (Å²) in [6.07, 6.45) is 2.16. The van der Waals surface area contributed by atoms with Crippen LogP contribution in [0.15, 0.2) is 0 Å². The minimum absolute atomic E-state index is 0.292. The Kier molecular flexibility index (Phi) is 2.68. The molecule has 0 amide bonds. The van der Waals surface area contributed by atoms with Gasteiger partial charge in [0.05, 0.1) is 6.61 Å². The molecule has 0 aromatic heterocycles. The fraction of sp³-hybridized carbons (Fsp3) is 0.714. The highest BCUT2D eigenvalue weighted by Gasteiger charge is 2.25. The van der Waals surface area contributed by atoms with Gasteiger partial charge in [0.15, 0.2) is 0 Å². The standard InChI is InChI=1S/C7H11O3/c1-2-9-7(8)6-4-3-5-10-6/h2-5H2,1H3. The molecule has 0 aliphatic carbocycles. The predicted octanol–water partition coefficient (Wildman–Crippen LogP) is 0.892. The molecule has 0 unspecified atom stereocenters. The lowest BCUT2D eigenvalue weighted by atomic mass is 10.2. The summed E-state index contributed by atoms with van der Waals surface area (Å²) in [7, 11) is 0. The van der Waals surface area contributed by atoms with Crippen LogP contribution in [0, 0.1) is 6.10 Å². The van der Waals surface area contributed by atoms with Crippen molar-refractivity contribution in [3.63, 3.8) is 0 Å². The molecule has 3 nitrogen and oxygen atoms in total. The van der Waals surface area contributed by atoms with Gasteiger partial charge in [0.25, 0.3) is 0 Å². The number of rotatable bonds is 2. The summed E-state index contributed by atoms with van der Waals surface area (Å²) < 4.78 is 9.73. The molecular weight excluding hydrogens is 132 g/mol. The van der Waals surface area contributed by atoms with E-state index in [9.17, 15) is 4.79 Å². The van der Waals surface area contributed by atoms with Gasteiger partial charge in [-0.3, -0.25) is 0 Å². The summed E-state index contributed by atoms with van der Waals surface area (Å²) in [5.41, 5.74) is 0. The summed E-state index contributed by atoms with van der Waals surface area (Å²) in [5.74, 6) is -0.292. The van der Waals surface area contributed by atoms with Crippen LogP contribution in [0.4, 0.5) is 0 Å². The molecule has 10 heavy (non-hydrogen) atoms. The molecule has 0 saturated carbocycles. The third-order valence-corrected chi connectivity index (χ3v) is 1.33. The molecule has 0 aromatic rings. The van der Waals surface area contributed by atoms with E-state index >= 15 is 0 Å². The van der Waals surface area contributed by atoms with E-state index in [1.165, 1.54) is 0 Å². The van der Waals surface area contributed by atoms with Crippen molar-refractivity contribution in [2.24, 2.45) is 0 Å². The second-order valence-corrected chi connectivity index (χ2v) is 2.10. The van der Waals surface area contributed by atoms with E-state index in [1.54, 1.807) is 6.92 Å². The normalized spacial score (nSPS) is 19.3. The second-order valence-electron chi connectivity index (χ2n) is 2.10. The highest BCUT2D eigenvalue weighted by molar-refractivity contribution is 5.82. The first kappa shape index (κ1) is 7.54. The SMILES string of the molecule is CCOC(=O)[C]1CCCO1. The Balaban J connectivity index is 2.25. The van der Waals surface area contributed by atoms with E-state index in [4.69, 9.17) is 9.47 Å². The van der Waals surface area contributed by atoms with E-state index in [0.717, 1.165) is 12.8 Å². The topological polar surface area (TPSA) is 35.5 Å². The van der Waals surface area contributed by atoms with E-state index in [1.807, 2.05) is 0 Å². The zero-order valence-corrected chi connectivity index (χ0v) is 6.05. The largest absolute Gasteiger partial charge is 0.464 e. The van der Waals surface area contributed by atoms with Crippen molar-refractivity contribution < 1.29 is 14.3 Å². The van der Waals surface area contributed by atoms with Gasteiger partial charge in [-0.05, 0) is 19.8 Å². The van der Waals surface area contributed by atoms with Crippen molar-refractivity contribution in [3.05, 3.63) is 6.10 Å². The zero-order valence-electron chi connectivity index (χ0n) is 6.05. The second kappa shape index (κ2) is 3.56. The van der Waals surface area contributed by atoms with Crippen LogP contribution in [0.5, 0.6) is 0 Å². The first-order valence-electron chi connectivity index (χ1n) is 3.50. The van der Waals surface area contributed by atoms with Crippen LogP contribution in [-0.4, -0.2) is 19.2 Å². The molecular formula is C7H11O3. The molecule has 1 aliphatic heterocycles. The lowest BCUT2D eigenvalue weighted by Gasteiger charge is -2.05. The Labute approximate surface area is 60.3 Å². The van der Waals surface area contributed by atoms with E-state index in [0.29, 0.717) is 19.3 Å². The summed E-state index contributed by atoms with van der Waals surface area (Å²) >= 11 is 0. The van der Waals surface area contributed by atoms with Gasteiger partial charge >= 0.3 is 5.97 Å². The quantitative estimate of drug-likeness (QED) is 0.538. The van der Waals surface area contributed by atoms with Gasteiger partial charge in [-0.15, -0.1) is 0 Å². The van der Waals surface area contributed by atoms with Gasteiger partial charge in [-0.25, -0.2) is 4.79 Å². The lowest BCUT2D eigenvalue weighted by Crippen LogP contribution is -2.13. The van der Waals surface area contributed by atoms with Crippen molar-refractivity contribution in [1.29, 1.82) is 0 Å². The lowest BCUT2D eigenvalue weighted by molar-refractivity contribution is -0.146. The molecule has 1 saturated heterocycles. The van der Waals surface area contributed by atoms with Crippen LogP contribution in [-0.2, 0) is 14.3 Å². The molecule has 0 bridgehead atoms. The fourth-order valence-electron chi connectivity index (χ4n) is 0.873. The zero-order chi connectivity index (χ0) is 7.40. The van der Waals surface area contributed by atoms with Gasteiger partial charge in [0.2, 0.25) is 6.10 Å². The maximum Gasteiger partial charge on any atom is 0.342 e. The maximum atomic E-state index is 10.9. The summed E-state index contributed by atoms with van der Waals surface area (Å²) in [6.45, 7) is 2.87. The Hall–Kier alpha value is -0.570. The van der Waals surface area contributed by atoms with Gasteiger partial charge in [-0.2, -0.15) is 0 Å². The van der Waals surface area contributed by atoms with Gasteiger partial charge in [-0.1, -0.05) is 0 Å². The van der Waals surface area contributed by atoms with Gasteiger partial charge < -0.3 is 9.47 Å². The summed E-state index contributed by atoms with van der Waals surface area (Å²) in [5, 5.41) is 0. The van der Waals surface area contributed by atoms with E-state index in [2.05, 4.69) is 0 Å². The highest BCUT2D eigenvalue weighted by atomic mass is 16.6. The monoisotopic (exact) mass is 143 g/mol. The van der Waals surface area contributed by atoms with Crippen molar-refractivity contribution in [2.45, 2.75) is 19.8 Å². The number of carbonyl (C=O) groups excluding carboxylic acids is 1. The molecule has 1 rings (SSSR count). The van der Waals surface area contributed by atoms with Crippen LogP contribution >= 0.6 is 0 Å². The van der Waals surface area contributed by atoms with Gasteiger partial charge in [0, 0.05) is 6.61 Å². The van der Waals surface area contributed by atoms with Crippen molar-refractivity contribution in [3.8, 4) is 0 Å². The third-order valence-electron chi connectivity index (χ3n) is 1.33. The smallest absolute Gasteiger partial charge is 0.342 e. The van der Waals surface area contributed by atoms with Gasteiger partial charge in [0.1, 0.15) is 0 Å². The Bertz CT molecular complexity index is 116. The molecule has 1 aliphatic rings. The summed E-state index contributed by atoms with van der Waals surface area (Å²) in [4.78, 5) is 10.9. The number of ether oxygens (including phenoxy) is 2. The van der Waals surface area contributed by atoms with Crippen LogP contribution < -0.4 is 0 Å². The first-order chi connectivity index (χ1) is 4.84. The molecule has 0 aromatic carbocycles. The minimum atomic E-state index is -0.292. The highest BCUT2D eigenvalue weighted by Crippen LogP contribution is 2.20.